The van der Waals surface area contributed by atoms with Gasteiger partial charge < -0.3 is 19.1 Å². The summed E-state index contributed by atoms with van der Waals surface area (Å²) < 4.78 is 19.3. The van der Waals surface area contributed by atoms with Crippen LogP contribution in [0.4, 0.5) is 0 Å². The van der Waals surface area contributed by atoms with Crippen molar-refractivity contribution in [1.82, 2.24) is 14.6 Å². The standard InChI is InChI=1S/C31H35BrN4O5/c1-3-7-23-16-21(17-27(39-2)29(23)41-20-28(37)35-12-14-40-15-13-35)19-33-36-30(22-8-5-4-6-9-22)34-26-11-10-24(32)18-25(26)31(36)38/h3,10-11,16-19,22H,1,4-9,12-15,20H2,2H3. The molecule has 9 nitrogen and oxygen atoms in total. The molecule has 2 aromatic carbocycles. The molecule has 2 fully saturated rings. The second-order valence-electron chi connectivity index (χ2n) is 10.3. The van der Waals surface area contributed by atoms with Crippen LogP contribution in [0, 0.1) is 0 Å². The fourth-order valence-electron chi connectivity index (χ4n) is 5.45. The van der Waals surface area contributed by atoms with Crippen LogP contribution in [0.25, 0.3) is 10.9 Å². The van der Waals surface area contributed by atoms with E-state index in [1.54, 1.807) is 36.4 Å². The number of halogens is 1. The first-order chi connectivity index (χ1) is 20.0. The predicted octanol–water partition coefficient (Wildman–Crippen LogP) is 5.06. The fraction of sp³-hybridized carbons (Fsp3) is 0.419. The minimum Gasteiger partial charge on any atom is -0.493 e. The maximum atomic E-state index is 13.7. The van der Waals surface area contributed by atoms with Gasteiger partial charge in [-0.15, -0.1) is 6.58 Å². The van der Waals surface area contributed by atoms with Crippen LogP contribution in [0.15, 0.2) is 57.4 Å². The van der Waals surface area contributed by atoms with Gasteiger partial charge in [0, 0.05) is 29.0 Å². The highest BCUT2D eigenvalue weighted by molar-refractivity contribution is 9.10. The van der Waals surface area contributed by atoms with Crippen molar-refractivity contribution in [2.24, 2.45) is 5.10 Å². The summed E-state index contributed by atoms with van der Waals surface area (Å²) in [6, 6.07) is 9.27. The number of hydrogen-bond donors (Lipinski definition) is 0. The summed E-state index contributed by atoms with van der Waals surface area (Å²) in [7, 11) is 1.56. The monoisotopic (exact) mass is 622 g/mol. The van der Waals surface area contributed by atoms with E-state index in [1.807, 2.05) is 18.2 Å². The quantitative estimate of drug-likeness (QED) is 0.244. The first-order valence-corrected chi connectivity index (χ1v) is 14.8. The molecule has 1 saturated heterocycles. The zero-order chi connectivity index (χ0) is 28.8. The minimum absolute atomic E-state index is 0.101. The van der Waals surface area contributed by atoms with Crippen molar-refractivity contribution < 1.29 is 19.0 Å². The first kappa shape index (κ1) is 29.0. The van der Waals surface area contributed by atoms with Crippen LogP contribution in [0.2, 0.25) is 0 Å². The summed E-state index contributed by atoms with van der Waals surface area (Å²) >= 11 is 3.47. The van der Waals surface area contributed by atoms with E-state index in [4.69, 9.17) is 19.2 Å². The van der Waals surface area contributed by atoms with Crippen molar-refractivity contribution in [1.29, 1.82) is 0 Å². The van der Waals surface area contributed by atoms with Gasteiger partial charge >= 0.3 is 0 Å². The van der Waals surface area contributed by atoms with Gasteiger partial charge in [0.05, 0.1) is 37.4 Å². The number of ether oxygens (including phenoxy) is 3. The third-order valence-electron chi connectivity index (χ3n) is 7.57. The summed E-state index contributed by atoms with van der Waals surface area (Å²) in [5, 5.41) is 5.19. The highest BCUT2D eigenvalue weighted by Gasteiger charge is 2.23. The van der Waals surface area contributed by atoms with Gasteiger partial charge in [0.25, 0.3) is 11.5 Å². The lowest BCUT2D eigenvalue weighted by Gasteiger charge is -2.27. The topological polar surface area (TPSA) is 95.2 Å². The number of aromatic nitrogens is 2. The molecule has 0 spiro atoms. The van der Waals surface area contributed by atoms with E-state index in [0.717, 1.165) is 41.3 Å². The van der Waals surface area contributed by atoms with Gasteiger partial charge in [-0.3, -0.25) is 9.59 Å². The van der Waals surface area contributed by atoms with Crippen molar-refractivity contribution in [3.05, 3.63) is 74.8 Å². The highest BCUT2D eigenvalue weighted by atomic mass is 79.9. The number of morpholine rings is 1. The van der Waals surface area contributed by atoms with Gasteiger partial charge in [-0.05, 0) is 55.2 Å². The zero-order valence-electron chi connectivity index (χ0n) is 23.3. The number of methoxy groups -OCH3 is 1. The molecule has 10 heteroatoms. The van der Waals surface area contributed by atoms with E-state index in [9.17, 15) is 9.59 Å². The molecule has 0 bridgehead atoms. The third kappa shape index (κ3) is 6.70. The Kier molecular flexibility index (Phi) is 9.51. The largest absolute Gasteiger partial charge is 0.493 e. The van der Waals surface area contributed by atoms with Gasteiger partial charge in [-0.2, -0.15) is 9.78 Å². The molecule has 1 saturated carbocycles. The summed E-state index contributed by atoms with van der Waals surface area (Å²) in [4.78, 5) is 33.0. The number of allylic oxidation sites excluding steroid dienone is 1. The van der Waals surface area contributed by atoms with E-state index in [1.165, 1.54) is 11.1 Å². The van der Waals surface area contributed by atoms with E-state index in [0.29, 0.717) is 61.0 Å². The van der Waals surface area contributed by atoms with Gasteiger partial charge in [-0.1, -0.05) is 41.3 Å². The molecule has 0 radical (unpaired) electrons. The number of amides is 1. The fourth-order valence-corrected chi connectivity index (χ4v) is 5.81. The van der Waals surface area contributed by atoms with Crippen molar-refractivity contribution in [3.63, 3.8) is 0 Å². The molecule has 5 rings (SSSR count). The average molecular weight is 624 g/mol. The molecular formula is C31H35BrN4O5. The molecule has 1 amide bonds. The Balaban J connectivity index is 1.49. The summed E-state index contributed by atoms with van der Waals surface area (Å²) in [6.07, 6.45) is 9.30. The number of benzene rings is 2. The summed E-state index contributed by atoms with van der Waals surface area (Å²) in [5.41, 5.74) is 2.00. The zero-order valence-corrected chi connectivity index (χ0v) is 24.9. The lowest BCUT2D eigenvalue weighted by atomic mass is 9.88. The van der Waals surface area contributed by atoms with Gasteiger partial charge in [0.1, 0.15) is 5.82 Å². The maximum absolute atomic E-state index is 13.7. The van der Waals surface area contributed by atoms with Gasteiger partial charge in [0.2, 0.25) is 0 Å². The Morgan fingerprint density at radius 1 is 1.20 bits per heavy atom. The lowest BCUT2D eigenvalue weighted by molar-refractivity contribution is -0.137. The van der Waals surface area contributed by atoms with Gasteiger partial charge in [-0.25, -0.2) is 4.98 Å². The van der Waals surface area contributed by atoms with Crippen LogP contribution in [0.3, 0.4) is 0 Å². The molecule has 1 aliphatic heterocycles. The highest BCUT2D eigenvalue weighted by Crippen LogP contribution is 2.34. The number of carbonyl (C=O) groups is 1. The number of hydrogen-bond acceptors (Lipinski definition) is 7. The molecule has 2 aliphatic rings. The van der Waals surface area contributed by atoms with Crippen LogP contribution in [-0.2, 0) is 16.0 Å². The van der Waals surface area contributed by atoms with Crippen LogP contribution in [-0.4, -0.2) is 66.7 Å². The molecule has 2 heterocycles. The maximum Gasteiger partial charge on any atom is 0.282 e. The second-order valence-corrected chi connectivity index (χ2v) is 11.2. The van der Waals surface area contributed by atoms with Crippen molar-refractivity contribution in [2.75, 3.05) is 40.0 Å². The normalized spacial score (nSPS) is 16.3. The van der Waals surface area contributed by atoms with Crippen LogP contribution >= 0.6 is 15.9 Å². The van der Waals surface area contributed by atoms with E-state index in [2.05, 4.69) is 27.6 Å². The minimum atomic E-state index is -0.201. The molecule has 0 N–H and O–H groups in total. The van der Waals surface area contributed by atoms with E-state index in [-0.39, 0.29) is 24.0 Å². The van der Waals surface area contributed by atoms with Crippen LogP contribution in [0.5, 0.6) is 11.5 Å². The van der Waals surface area contributed by atoms with Crippen molar-refractivity contribution in [3.8, 4) is 11.5 Å². The second kappa shape index (κ2) is 13.4. The third-order valence-corrected chi connectivity index (χ3v) is 8.06. The Hall–Kier alpha value is -3.50. The van der Waals surface area contributed by atoms with E-state index >= 15 is 0 Å². The Morgan fingerprint density at radius 3 is 2.71 bits per heavy atom. The lowest BCUT2D eigenvalue weighted by Crippen LogP contribution is -2.43. The molecular weight excluding hydrogens is 588 g/mol. The Morgan fingerprint density at radius 2 is 1.98 bits per heavy atom. The number of nitrogens with zero attached hydrogens (tertiary/aromatic N) is 4. The SMILES string of the molecule is C=CCc1cc(C=Nn2c(C3CCCCC3)nc3ccc(Br)cc3c2=O)cc(OC)c1OCC(=O)N1CCOCC1. The molecule has 1 aromatic heterocycles. The molecule has 41 heavy (non-hydrogen) atoms. The first-order valence-electron chi connectivity index (χ1n) is 14.0. The summed E-state index contributed by atoms with van der Waals surface area (Å²) in [5.74, 6) is 1.73. The molecule has 1 aliphatic carbocycles. The number of carbonyl (C=O) groups excluding carboxylic acids is 1. The smallest absolute Gasteiger partial charge is 0.282 e. The molecule has 3 aromatic rings. The van der Waals surface area contributed by atoms with E-state index < -0.39 is 0 Å². The van der Waals surface area contributed by atoms with Crippen LogP contribution in [0.1, 0.15) is 55.0 Å². The Labute approximate surface area is 247 Å². The Bertz CT molecular complexity index is 1510. The molecule has 216 valence electrons. The van der Waals surface area contributed by atoms with Crippen LogP contribution < -0.4 is 15.0 Å². The number of rotatable bonds is 9. The predicted molar refractivity (Wildman–Crippen MR) is 162 cm³/mol. The van der Waals surface area contributed by atoms with Crippen molar-refractivity contribution in [2.45, 2.75) is 44.4 Å². The average Bonchev–Trinajstić information content (AvgIpc) is 3.00. The van der Waals surface area contributed by atoms with Crippen molar-refractivity contribution >= 4 is 39.0 Å². The number of fused-ring (bicyclic) bond motifs is 1. The summed E-state index contributed by atoms with van der Waals surface area (Å²) in [6.45, 7) is 5.94. The molecule has 0 unspecified atom stereocenters. The van der Waals surface area contributed by atoms with Gasteiger partial charge in [0.15, 0.2) is 18.1 Å². The molecule has 0 atom stereocenters.